The summed E-state index contributed by atoms with van der Waals surface area (Å²) in [4.78, 5) is 4.54. The molecular formula is C15H18BrN3O2. The molecule has 21 heavy (non-hydrogen) atoms. The minimum atomic E-state index is 0.147. The Morgan fingerprint density at radius 1 is 1.38 bits per heavy atom. The molecule has 1 aliphatic heterocycles. The van der Waals surface area contributed by atoms with Crippen LogP contribution in [0.3, 0.4) is 0 Å². The third-order valence-corrected chi connectivity index (χ3v) is 4.09. The fourth-order valence-corrected chi connectivity index (χ4v) is 3.03. The highest BCUT2D eigenvalue weighted by Crippen LogP contribution is 2.25. The van der Waals surface area contributed by atoms with Gasteiger partial charge in [0.25, 0.3) is 0 Å². The van der Waals surface area contributed by atoms with Gasteiger partial charge in [-0.05, 0) is 24.2 Å². The lowest BCUT2D eigenvalue weighted by molar-refractivity contribution is 0.185. The predicted molar refractivity (Wildman–Crippen MR) is 82.3 cm³/mol. The molecule has 0 saturated carbocycles. The van der Waals surface area contributed by atoms with Crippen LogP contribution in [0.4, 0.5) is 0 Å². The zero-order valence-electron chi connectivity index (χ0n) is 11.9. The third-order valence-electron chi connectivity index (χ3n) is 3.60. The van der Waals surface area contributed by atoms with Gasteiger partial charge < -0.3 is 14.6 Å². The van der Waals surface area contributed by atoms with E-state index in [-0.39, 0.29) is 12.0 Å². The number of hydrogen-bond donors (Lipinski definition) is 1. The van der Waals surface area contributed by atoms with Gasteiger partial charge in [-0.3, -0.25) is 0 Å². The molecule has 0 spiro atoms. The van der Waals surface area contributed by atoms with E-state index in [2.05, 4.69) is 50.4 Å². The molecule has 1 N–H and O–H groups in total. The second-order valence-electron chi connectivity index (χ2n) is 5.16. The van der Waals surface area contributed by atoms with E-state index < -0.39 is 0 Å². The minimum absolute atomic E-state index is 0.147. The van der Waals surface area contributed by atoms with Crippen LogP contribution in [0.2, 0.25) is 0 Å². The number of halogens is 1. The lowest BCUT2D eigenvalue weighted by Gasteiger charge is -2.13. The van der Waals surface area contributed by atoms with E-state index in [1.165, 1.54) is 0 Å². The third kappa shape index (κ3) is 3.51. The average molecular weight is 352 g/mol. The van der Waals surface area contributed by atoms with Crippen LogP contribution < -0.4 is 5.32 Å². The van der Waals surface area contributed by atoms with Crippen molar-refractivity contribution in [1.82, 2.24) is 15.5 Å². The Hall–Kier alpha value is -1.24. The summed E-state index contributed by atoms with van der Waals surface area (Å²) in [5.41, 5.74) is 1.16. The van der Waals surface area contributed by atoms with Gasteiger partial charge >= 0.3 is 0 Å². The molecule has 3 rings (SSSR count). The number of nitrogens with zero attached hydrogens (tertiary/aromatic N) is 2. The summed E-state index contributed by atoms with van der Waals surface area (Å²) in [6.07, 6.45) is 0.669. The summed E-state index contributed by atoms with van der Waals surface area (Å²) in [6, 6.07) is 8.39. The summed E-state index contributed by atoms with van der Waals surface area (Å²) < 4.78 is 12.0. The molecule has 2 heterocycles. The van der Waals surface area contributed by atoms with Crippen molar-refractivity contribution in [3.63, 3.8) is 0 Å². The van der Waals surface area contributed by atoms with Crippen molar-refractivity contribution in [3.8, 4) is 0 Å². The summed E-state index contributed by atoms with van der Waals surface area (Å²) in [5.74, 6) is 1.53. The molecule has 2 atom stereocenters. The molecule has 1 fully saturated rings. The molecule has 0 radical (unpaired) electrons. The Morgan fingerprint density at radius 3 is 3.10 bits per heavy atom. The Morgan fingerprint density at radius 2 is 2.29 bits per heavy atom. The first-order valence-corrected chi connectivity index (χ1v) is 7.93. The number of hydrogen-bond acceptors (Lipinski definition) is 5. The van der Waals surface area contributed by atoms with Crippen molar-refractivity contribution in [2.24, 2.45) is 0 Å². The molecule has 2 unspecified atom stereocenters. The summed E-state index contributed by atoms with van der Waals surface area (Å²) in [7, 11) is 0. The molecule has 2 aromatic rings. The van der Waals surface area contributed by atoms with Gasteiger partial charge in [0.2, 0.25) is 5.89 Å². The van der Waals surface area contributed by atoms with Crippen LogP contribution in [-0.4, -0.2) is 35.9 Å². The number of rotatable bonds is 5. The van der Waals surface area contributed by atoms with Gasteiger partial charge in [0.05, 0.1) is 19.1 Å². The van der Waals surface area contributed by atoms with Crippen LogP contribution in [0.15, 0.2) is 33.3 Å². The van der Waals surface area contributed by atoms with Gasteiger partial charge in [-0.2, -0.15) is 4.98 Å². The van der Waals surface area contributed by atoms with Crippen LogP contribution in [0.5, 0.6) is 0 Å². The van der Waals surface area contributed by atoms with Crippen molar-refractivity contribution in [1.29, 1.82) is 0 Å². The smallest absolute Gasteiger partial charge is 0.233 e. The van der Waals surface area contributed by atoms with E-state index in [9.17, 15) is 0 Å². The Balaban J connectivity index is 1.71. The zero-order chi connectivity index (χ0) is 14.7. The Labute approximate surface area is 132 Å². The molecule has 1 saturated heterocycles. The largest absolute Gasteiger partial charge is 0.379 e. The lowest BCUT2D eigenvalue weighted by atomic mass is 10.0. The van der Waals surface area contributed by atoms with Crippen molar-refractivity contribution in [2.45, 2.75) is 25.3 Å². The van der Waals surface area contributed by atoms with Crippen LogP contribution in [-0.2, 0) is 11.2 Å². The monoisotopic (exact) mass is 351 g/mol. The maximum absolute atomic E-state index is 5.52. The molecule has 112 valence electrons. The fourth-order valence-electron chi connectivity index (χ4n) is 2.58. The summed E-state index contributed by atoms with van der Waals surface area (Å²) >= 11 is 3.47. The number of nitrogens with one attached hydrogen (secondary N) is 1. The molecular weight excluding hydrogens is 334 g/mol. The predicted octanol–water partition coefficient (Wildman–Crippen LogP) is 2.51. The highest BCUT2D eigenvalue weighted by Gasteiger charge is 2.33. The molecule has 0 aliphatic carbocycles. The van der Waals surface area contributed by atoms with Crippen molar-refractivity contribution < 1.29 is 9.26 Å². The molecule has 1 aliphatic rings. The average Bonchev–Trinajstić information content (AvgIpc) is 3.08. The quantitative estimate of drug-likeness (QED) is 0.896. The van der Waals surface area contributed by atoms with Crippen LogP contribution in [0, 0.1) is 0 Å². The van der Waals surface area contributed by atoms with E-state index in [0.29, 0.717) is 31.3 Å². The van der Waals surface area contributed by atoms with Gasteiger partial charge in [0.15, 0.2) is 5.82 Å². The highest BCUT2D eigenvalue weighted by molar-refractivity contribution is 9.10. The van der Waals surface area contributed by atoms with Crippen molar-refractivity contribution >= 4 is 15.9 Å². The summed E-state index contributed by atoms with van der Waals surface area (Å²) in [6.45, 7) is 4.32. The minimum Gasteiger partial charge on any atom is -0.379 e. The van der Waals surface area contributed by atoms with E-state index in [4.69, 9.17) is 9.26 Å². The van der Waals surface area contributed by atoms with Gasteiger partial charge in [0, 0.05) is 16.9 Å². The molecule has 6 heteroatoms. The number of likely N-dealkylation sites (N-methyl/N-ethyl adjacent to an activating group) is 1. The standard InChI is InChI=1S/C15H18BrN3O2/c1-2-17-13-9-20-8-12(13)15-18-14(19-21-15)7-10-4-3-5-11(16)6-10/h3-6,12-13,17H,2,7-9H2,1H3. The first-order valence-electron chi connectivity index (χ1n) is 7.14. The molecule has 1 aromatic carbocycles. The van der Waals surface area contributed by atoms with E-state index in [0.717, 1.165) is 16.6 Å². The highest BCUT2D eigenvalue weighted by atomic mass is 79.9. The van der Waals surface area contributed by atoms with Crippen molar-refractivity contribution in [3.05, 3.63) is 46.0 Å². The van der Waals surface area contributed by atoms with Gasteiger partial charge in [-0.15, -0.1) is 0 Å². The number of aromatic nitrogens is 2. The SMILES string of the molecule is CCNC1COCC1c1nc(Cc2cccc(Br)c2)no1. The number of benzene rings is 1. The maximum Gasteiger partial charge on any atom is 0.233 e. The summed E-state index contributed by atoms with van der Waals surface area (Å²) in [5, 5.41) is 7.50. The van der Waals surface area contributed by atoms with Gasteiger partial charge in [-0.25, -0.2) is 0 Å². The Kier molecular flexibility index (Phi) is 4.67. The van der Waals surface area contributed by atoms with Crippen molar-refractivity contribution in [2.75, 3.05) is 19.8 Å². The zero-order valence-corrected chi connectivity index (χ0v) is 13.5. The van der Waals surface area contributed by atoms with Crippen LogP contribution in [0.1, 0.15) is 30.1 Å². The second kappa shape index (κ2) is 6.68. The lowest BCUT2D eigenvalue weighted by Crippen LogP contribution is -2.34. The second-order valence-corrected chi connectivity index (χ2v) is 6.08. The van der Waals surface area contributed by atoms with E-state index in [1.54, 1.807) is 0 Å². The van der Waals surface area contributed by atoms with E-state index >= 15 is 0 Å². The molecule has 0 amide bonds. The first kappa shape index (κ1) is 14.7. The Bertz CT molecular complexity index is 602. The van der Waals surface area contributed by atoms with Gasteiger partial charge in [0.1, 0.15) is 0 Å². The maximum atomic E-state index is 5.52. The normalized spacial score (nSPS) is 21.8. The topological polar surface area (TPSA) is 60.2 Å². The van der Waals surface area contributed by atoms with Crippen LogP contribution in [0.25, 0.3) is 0 Å². The fraction of sp³-hybridized carbons (Fsp3) is 0.467. The molecule has 5 nitrogen and oxygen atoms in total. The first-order chi connectivity index (χ1) is 10.3. The van der Waals surface area contributed by atoms with E-state index in [1.807, 2.05) is 12.1 Å². The van der Waals surface area contributed by atoms with Crippen LogP contribution >= 0.6 is 15.9 Å². The van der Waals surface area contributed by atoms with Gasteiger partial charge in [-0.1, -0.05) is 40.1 Å². The number of ether oxygens (including phenoxy) is 1. The molecule has 1 aromatic heterocycles. The molecule has 0 bridgehead atoms.